The maximum absolute atomic E-state index is 10.9. The fraction of sp³-hybridized carbons (Fsp3) is 0.364. The lowest BCUT2D eigenvalue weighted by atomic mass is 10.1. The summed E-state index contributed by atoms with van der Waals surface area (Å²) in [5.41, 5.74) is 1.33. The van der Waals surface area contributed by atoms with Gasteiger partial charge in [0.05, 0.1) is 6.61 Å². The highest BCUT2D eigenvalue weighted by atomic mass is 35.5. The fourth-order valence-electron chi connectivity index (χ4n) is 1.19. The minimum Gasteiger partial charge on any atom is -0.494 e. The van der Waals surface area contributed by atoms with E-state index in [0.717, 1.165) is 17.7 Å². The minimum atomic E-state index is -0.445. The highest BCUT2D eigenvalue weighted by Gasteiger charge is 2.06. The SMILES string of the molecule is Cc1cc(OCCCCl)ccc1C(=O)Cl. The van der Waals surface area contributed by atoms with Crippen molar-refractivity contribution in [3.8, 4) is 5.75 Å². The Morgan fingerprint density at radius 2 is 2.20 bits per heavy atom. The Hall–Kier alpha value is -0.730. The van der Waals surface area contributed by atoms with Crippen LogP contribution in [0.25, 0.3) is 0 Å². The second-order valence-electron chi connectivity index (χ2n) is 3.14. The predicted octanol–water partition coefficient (Wildman–Crippen LogP) is 3.38. The molecule has 0 aliphatic carbocycles. The Morgan fingerprint density at radius 1 is 1.47 bits per heavy atom. The predicted molar refractivity (Wildman–Crippen MR) is 62.2 cm³/mol. The number of halogens is 2. The first-order chi connectivity index (χ1) is 7.15. The topological polar surface area (TPSA) is 26.3 Å². The third-order valence-electron chi connectivity index (χ3n) is 1.96. The molecule has 0 heterocycles. The number of hydrogen-bond acceptors (Lipinski definition) is 2. The van der Waals surface area contributed by atoms with Gasteiger partial charge >= 0.3 is 0 Å². The van der Waals surface area contributed by atoms with Gasteiger partial charge in [0.1, 0.15) is 5.75 Å². The molecule has 4 heteroatoms. The Bertz CT molecular complexity index is 350. The molecule has 0 bridgehead atoms. The molecule has 0 radical (unpaired) electrons. The van der Waals surface area contributed by atoms with Crippen molar-refractivity contribution in [1.29, 1.82) is 0 Å². The third-order valence-corrected chi connectivity index (χ3v) is 2.43. The lowest BCUT2D eigenvalue weighted by Gasteiger charge is -2.07. The number of benzene rings is 1. The number of ether oxygens (including phenoxy) is 1. The van der Waals surface area contributed by atoms with Crippen LogP contribution >= 0.6 is 23.2 Å². The van der Waals surface area contributed by atoms with E-state index in [1.807, 2.05) is 6.92 Å². The molecule has 0 aliphatic heterocycles. The highest BCUT2D eigenvalue weighted by molar-refractivity contribution is 6.67. The molecule has 1 aromatic rings. The molecule has 0 fully saturated rings. The van der Waals surface area contributed by atoms with Crippen LogP contribution in [-0.2, 0) is 0 Å². The van der Waals surface area contributed by atoms with Crippen molar-refractivity contribution in [3.05, 3.63) is 29.3 Å². The molecule has 1 aromatic carbocycles. The molecule has 2 nitrogen and oxygen atoms in total. The van der Waals surface area contributed by atoms with E-state index in [4.69, 9.17) is 27.9 Å². The monoisotopic (exact) mass is 246 g/mol. The standard InChI is InChI=1S/C11H12Cl2O2/c1-8-7-9(15-6-2-5-12)3-4-10(8)11(13)14/h3-4,7H,2,5-6H2,1H3. The third kappa shape index (κ3) is 3.73. The van der Waals surface area contributed by atoms with Gasteiger partial charge in [0.2, 0.25) is 0 Å². The van der Waals surface area contributed by atoms with Gasteiger partial charge in [-0.1, -0.05) is 0 Å². The van der Waals surface area contributed by atoms with Crippen LogP contribution in [0.3, 0.4) is 0 Å². The summed E-state index contributed by atoms with van der Waals surface area (Å²) in [5.74, 6) is 1.32. The van der Waals surface area contributed by atoms with Crippen molar-refractivity contribution in [3.63, 3.8) is 0 Å². The molecule has 0 spiro atoms. The zero-order valence-corrected chi connectivity index (χ0v) is 9.94. The van der Waals surface area contributed by atoms with Crippen LogP contribution in [0.1, 0.15) is 22.3 Å². The second-order valence-corrected chi connectivity index (χ2v) is 3.86. The van der Waals surface area contributed by atoms with Gasteiger partial charge in [-0.3, -0.25) is 4.79 Å². The molecule has 0 saturated heterocycles. The van der Waals surface area contributed by atoms with Crippen LogP contribution in [0.2, 0.25) is 0 Å². The molecule has 0 N–H and O–H groups in total. The van der Waals surface area contributed by atoms with E-state index in [1.165, 1.54) is 0 Å². The van der Waals surface area contributed by atoms with Crippen LogP contribution < -0.4 is 4.74 Å². The normalized spacial score (nSPS) is 10.1. The molecule has 15 heavy (non-hydrogen) atoms. The first-order valence-electron chi connectivity index (χ1n) is 4.64. The molecule has 0 aromatic heterocycles. The summed E-state index contributed by atoms with van der Waals surface area (Å²) in [7, 11) is 0. The van der Waals surface area contributed by atoms with Crippen LogP contribution in [-0.4, -0.2) is 17.7 Å². The summed E-state index contributed by atoms with van der Waals surface area (Å²) in [5, 5.41) is -0.445. The number of alkyl halides is 1. The van der Waals surface area contributed by atoms with Crippen LogP contribution in [0.5, 0.6) is 5.75 Å². The van der Waals surface area contributed by atoms with Crippen molar-refractivity contribution in [2.75, 3.05) is 12.5 Å². The number of rotatable bonds is 5. The van der Waals surface area contributed by atoms with Crippen LogP contribution in [0, 0.1) is 6.92 Å². The Morgan fingerprint density at radius 3 is 2.73 bits per heavy atom. The van der Waals surface area contributed by atoms with Gasteiger partial charge in [-0.15, -0.1) is 11.6 Å². The molecule has 0 unspecified atom stereocenters. The van der Waals surface area contributed by atoms with Gasteiger partial charge in [-0.25, -0.2) is 0 Å². The molecule has 0 atom stereocenters. The van der Waals surface area contributed by atoms with Gasteiger partial charge < -0.3 is 4.74 Å². The van der Waals surface area contributed by atoms with E-state index >= 15 is 0 Å². The molecule has 0 amide bonds. The Kier molecular flexibility index (Phi) is 4.92. The Balaban J connectivity index is 2.69. The smallest absolute Gasteiger partial charge is 0.252 e. The average molecular weight is 247 g/mol. The summed E-state index contributed by atoms with van der Waals surface area (Å²) in [6.07, 6.45) is 0.802. The average Bonchev–Trinajstić information content (AvgIpc) is 2.17. The van der Waals surface area contributed by atoms with E-state index in [2.05, 4.69) is 0 Å². The van der Waals surface area contributed by atoms with Crippen molar-refractivity contribution < 1.29 is 9.53 Å². The summed E-state index contributed by atoms with van der Waals surface area (Å²) in [4.78, 5) is 10.9. The quantitative estimate of drug-likeness (QED) is 0.453. The summed E-state index contributed by atoms with van der Waals surface area (Å²) >= 11 is 10.9. The minimum absolute atomic E-state index is 0.445. The number of aryl methyl sites for hydroxylation is 1. The van der Waals surface area contributed by atoms with E-state index in [9.17, 15) is 4.79 Å². The van der Waals surface area contributed by atoms with Crippen LogP contribution in [0.15, 0.2) is 18.2 Å². The van der Waals surface area contributed by atoms with Crippen molar-refractivity contribution in [2.45, 2.75) is 13.3 Å². The lowest BCUT2D eigenvalue weighted by Crippen LogP contribution is -1.99. The molecular weight excluding hydrogens is 235 g/mol. The van der Waals surface area contributed by atoms with Gasteiger partial charge in [0, 0.05) is 11.4 Å². The summed E-state index contributed by atoms with van der Waals surface area (Å²) < 4.78 is 5.42. The summed E-state index contributed by atoms with van der Waals surface area (Å²) in [6, 6.07) is 5.20. The van der Waals surface area contributed by atoms with E-state index < -0.39 is 5.24 Å². The number of carbonyl (C=O) groups excluding carboxylic acids is 1. The Labute approximate surface area is 99.1 Å². The van der Waals surface area contributed by atoms with E-state index in [-0.39, 0.29) is 0 Å². The summed E-state index contributed by atoms with van der Waals surface area (Å²) in [6.45, 7) is 2.40. The van der Waals surface area contributed by atoms with Gasteiger partial charge in [0.25, 0.3) is 5.24 Å². The maximum Gasteiger partial charge on any atom is 0.252 e. The van der Waals surface area contributed by atoms with Crippen molar-refractivity contribution in [2.24, 2.45) is 0 Å². The molecule has 0 aliphatic rings. The van der Waals surface area contributed by atoms with Crippen LogP contribution in [0.4, 0.5) is 0 Å². The van der Waals surface area contributed by atoms with E-state index in [0.29, 0.717) is 18.1 Å². The zero-order chi connectivity index (χ0) is 11.3. The molecular formula is C11H12Cl2O2. The van der Waals surface area contributed by atoms with Gasteiger partial charge in [0.15, 0.2) is 0 Å². The van der Waals surface area contributed by atoms with Gasteiger partial charge in [-0.05, 0) is 48.7 Å². The fourth-order valence-corrected chi connectivity index (χ4v) is 1.51. The van der Waals surface area contributed by atoms with E-state index in [1.54, 1.807) is 18.2 Å². The van der Waals surface area contributed by atoms with Gasteiger partial charge in [-0.2, -0.15) is 0 Å². The lowest BCUT2D eigenvalue weighted by molar-refractivity contribution is 0.108. The molecule has 1 rings (SSSR count). The highest BCUT2D eigenvalue weighted by Crippen LogP contribution is 2.18. The molecule has 82 valence electrons. The largest absolute Gasteiger partial charge is 0.494 e. The number of carbonyl (C=O) groups is 1. The number of hydrogen-bond donors (Lipinski definition) is 0. The zero-order valence-electron chi connectivity index (χ0n) is 8.43. The second kappa shape index (κ2) is 5.99. The first-order valence-corrected chi connectivity index (χ1v) is 5.55. The van der Waals surface area contributed by atoms with Crippen molar-refractivity contribution >= 4 is 28.4 Å². The maximum atomic E-state index is 10.9. The first kappa shape index (κ1) is 12.3. The van der Waals surface area contributed by atoms with Crippen molar-refractivity contribution in [1.82, 2.24) is 0 Å². The molecule has 0 saturated carbocycles.